The number of benzene rings is 1. The van der Waals surface area contributed by atoms with Crippen molar-refractivity contribution in [3.63, 3.8) is 0 Å². The molecule has 0 bridgehead atoms. The SMILES string of the molecule is CC(=O)CC[13CH2]Sc1ccc([N+](=O)[O-])cc1. The van der Waals surface area contributed by atoms with Gasteiger partial charge in [-0.05, 0) is 31.2 Å². The smallest absolute Gasteiger partial charge is 0.269 e. The molecule has 0 aliphatic rings. The van der Waals surface area contributed by atoms with Crippen molar-refractivity contribution in [2.24, 2.45) is 0 Å². The second-order valence-electron chi connectivity index (χ2n) is 3.41. The number of hydrogen-bond acceptors (Lipinski definition) is 4. The summed E-state index contributed by atoms with van der Waals surface area (Å²) in [5.41, 5.74) is 0.105. The molecule has 4 nitrogen and oxygen atoms in total. The van der Waals surface area contributed by atoms with E-state index in [0.29, 0.717) is 6.42 Å². The quantitative estimate of drug-likeness (QED) is 0.252. The number of carbonyl (C=O) groups is 1. The molecule has 86 valence electrons. The molecule has 0 atom stereocenters. The van der Waals surface area contributed by atoms with E-state index in [-0.39, 0.29) is 11.5 Å². The van der Waals surface area contributed by atoms with Crippen LogP contribution in [0.25, 0.3) is 0 Å². The maximum atomic E-state index is 10.7. The fraction of sp³-hybridized carbons (Fsp3) is 0.364. The van der Waals surface area contributed by atoms with E-state index in [1.165, 1.54) is 12.1 Å². The number of ketones is 1. The van der Waals surface area contributed by atoms with E-state index in [1.807, 2.05) is 0 Å². The average molecular weight is 240 g/mol. The largest absolute Gasteiger partial charge is 0.300 e. The Labute approximate surface area is 98.2 Å². The zero-order valence-electron chi connectivity index (χ0n) is 9.01. The Balaban J connectivity index is 2.38. The lowest BCUT2D eigenvalue weighted by Gasteiger charge is -2.00. The summed E-state index contributed by atoms with van der Waals surface area (Å²) < 4.78 is 0. The molecule has 0 unspecified atom stereocenters. The van der Waals surface area contributed by atoms with Gasteiger partial charge in [0.15, 0.2) is 0 Å². The summed E-state index contributed by atoms with van der Waals surface area (Å²) in [5.74, 6) is 1.06. The van der Waals surface area contributed by atoms with Crippen LogP contribution in [-0.4, -0.2) is 16.5 Å². The first-order valence-electron chi connectivity index (χ1n) is 4.96. The van der Waals surface area contributed by atoms with Crippen molar-refractivity contribution in [1.29, 1.82) is 0 Å². The number of nitro groups is 1. The molecule has 0 aliphatic heterocycles. The van der Waals surface area contributed by atoms with Gasteiger partial charge in [-0.2, -0.15) is 0 Å². The molecular weight excluding hydrogens is 227 g/mol. The number of non-ortho nitro benzene ring substituents is 1. The molecule has 0 aliphatic carbocycles. The fourth-order valence-electron chi connectivity index (χ4n) is 1.18. The summed E-state index contributed by atoms with van der Waals surface area (Å²) in [6.45, 7) is 1.58. The second kappa shape index (κ2) is 6.27. The molecule has 1 rings (SSSR count). The van der Waals surface area contributed by atoms with Gasteiger partial charge in [0.25, 0.3) is 5.69 Å². The minimum absolute atomic E-state index is 0.105. The van der Waals surface area contributed by atoms with Crippen LogP contribution >= 0.6 is 11.8 Å². The first-order valence-corrected chi connectivity index (χ1v) is 5.95. The highest BCUT2D eigenvalue weighted by molar-refractivity contribution is 7.99. The van der Waals surface area contributed by atoms with Gasteiger partial charge >= 0.3 is 0 Å². The second-order valence-corrected chi connectivity index (χ2v) is 4.57. The topological polar surface area (TPSA) is 60.2 Å². The van der Waals surface area contributed by atoms with E-state index < -0.39 is 4.92 Å². The monoisotopic (exact) mass is 240 g/mol. The normalized spacial score (nSPS) is 10.1. The molecule has 0 spiro atoms. The molecule has 0 aromatic heterocycles. The van der Waals surface area contributed by atoms with Gasteiger partial charge in [0.2, 0.25) is 0 Å². The minimum atomic E-state index is -0.413. The van der Waals surface area contributed by atoms with Crippen LogP contribution in [0, 0.1) is 10.1 Å². The Morgan fingerprint density at radius 1 is 1.38 bits per heavy atom. The van der Waals surface area contributed by atoms with Crippen molar-refractivity contribution in [3.8, 4) is 0 Å². The molecule has 0 saturated carbocycles. The third kappa shape index (κ3) is 4.44. The first kappa shape index (κ1) is 12.7. The predicted molar refractivity (Wildman–Crippen MR) is 63.7 cm³/mol. The van der Waals surface area contributed by atoms with Gasteiger partial charge in [-0.25, -0.2) is 0 Å². The molecule has 0 heterocycles. The number of nitrogens with zero attached hydrogens (tertiary/aromatic N) is 1. The van der Waals surface area contributed by atoms with Crippen LogP contribution in [0.1, 0.15) is 19.8 Å². The van der Waals surface area contributed by atoms with Crippen molar-refractivity contribution in [3.05, 3.63) is 34.4 Å². The summed E-state index contributed by atoms with van der Waals surface area (Å²) in [5, 5.41) is 10.4. The summed E-state index contributed by atoms with van der Waals surface area (Å²) in [4.78, 5) is 21.7. The lowest BCUT2D eigenvalue weighted by atomic mass is 10.3. The van der Waals surface area contributed by atoms with Crippen LogP contribution in [0.2, 0.25) is 0 Å². The highest BCUT2D eigenvalue weighted by Gasteiger charge is 2.03. The number of nitro benzene ring substituents is 1. The molecule has 0 fully saturated rings. The number of hydrogen-bond donors (Lipinski definition) is 0. The summed E-state index contributed by atoms with van der Waals surface area (Å²) in [6.07, 6.45) is 1.44. The Bertz CT molecular complexity index is 375. The zero-order valence-corrected chi connectivity index (χ0v) is 9.83. The van der Waals surface area contributed by atoms with E-state index >= 15 is 0 Å². The number of rotatable bonds is 6. The third-order valence-corrected chi connectivity index (χ3v) is 3.09. The molecule has 1 aromatic carbocycles. The lowest BCUT2D eigenvalue weighted by molar-refractivity contribution is -0.384. The van der Waals surface area contributed by atoms with Gasteiger partial charge in [-0.15, -0.1) is 11.8 Å². The fourth-order valence-corrected chi connectivity index (χ4v) is 2.03. The molecule has 1 aromatic rings. The standard InChI is InChI=1S/C11H13NO3S/c1-9(13)3-2-8-16-11-6-4-10(5-7-11)12(14)15/h4-7H,2-3,8H2,1H3/i8+1. The molecular formula is C11H13NO3S. The van der Waals surface area contributed by atoms with Crippen molar-refractivity contribution in [2.45, 2.75) is 24.7 Å². The summed E-state index contributed by atoms with van der Waals surface area (Å²) in [6, 6.07) is 6.45. The number of carbonyl (C=O) groups excluding carboxylic acids is 1. The lowest BCUT2D eigenvalue weighted by Crippen LogP contribution is -1.91. The van der Waals surface area contributed by atoms with Gasteiger partial charge in [0.05, 0.1) is 4.92 Å². The first-order chi connectivity index (χ1) is 7.59. The van der Waals surface area contributed by atoms with E-state index in [4.69, 9.17) is 0 Å². The van der Waals surface area contributed by atoms with Crippen molar-refractivity contribution >= 4 is 23.2 Å². The molecule has 0 radical (unpaired) electrons. The van der Waals surface area contributed by atoms with Crippen LogP contribution in [-0.2, 0) is 4.79 Å². The Morgan fingerprint density at radius 3 is 2.50 bits per heavy atom. The van der Waals surface area contributed by atoms with Crippen LogP contribution < -0.4 is 0 Å². The number of Topliss-reactive ketones (excluding diaryl/α,β-unsaturated/α-hetero) is 1. The highest BCUT2D eigenvalue weighted by Crippen LogP contribution is 2.22. The van der Waals surface area contributed by atoms with Crippen LogP contribution in [0.4, 0.5) is 5.69 Å². The van der Waals surface area contributed by atoms with Gasteiger partial charge in [-0.1, -0.05) is 0 Å². The molecule has 0 amide bonds. The van der Waals surface area contributed by atoms with Crippen LogP contribution in [0.3, 0.4) is 0 Å². The van der Waals surface area contributed by atoms with Crippen molar-refractivity contribution < 1.29 is 9.72 Å². The molecule has 5 heteroatoms. The van der Waals surface area contributed by atoms with Crippen LogP contribution in [0.15, 0.2) is 29.2 Å². The maximum Gasteiger partial charge on any atom is 0.269 e. The van der Waals surface area contributed by atoms with E-state index in [2.05, 4.69) is 0 Å². The average Bonchev–Trinajstić information content (AvgIpc) is 2.25. The van der Waals surface area contributed by atoms with Gasteiger partial charge in [-0.3, -0.25) is 10.1 Å². The van der Waals surface area contributed by atoms with Crippen LogP contribution in [0.5, 0.6) is 0 Å². The van der Waals surface area contributed by atoms with Crippen molar-refractivity contribution in [2.75, 3.05) is 5.75 Å². The highest BCUT2D eigenvalue weighted by atomic mass is 32.2. The Morgan fingerprint density at radius 2 is 2.00 bits per heavy atom. The predicted octanol–water partition coefficient (Wildman–Crippen LogP) is 3.06. The Hall–Kier alpha value is -1.36. The van der Waals surface area contributed by atoms with Gasteiger partial charge in [0, 0.05) is 23.4 Å². The molecule has 0 N–H and O–H groups in total. The summed E-state index contributed by atoms with van der Waals surface area (Å²) in [7, 11) is 0. The maximum absolute atomic E-state index is 10.7. The van der Waals surface area contributed by atoms with Gasteiger partial charge < -0.3 is 4.79 Å². The molecule has 16 heavy (non-hydrogen) atoms. The van der Waals surface area contributed by atoms with E-state index in [9.17, 15) is 14.9 Å². The van der Waals surface area contributed by atoms with E-state index in [1.54, 1.807) is 30.8 Å². The zero-order chi connectivity index (χ0) is 12.0. The van der Waals surface area contributed by atoms with E-state index in [0.717, 1.165) is 17.1 Å². The minimum Gasteiger partial charge on any atom is -0.300 e. The number of thioether (sulfide) groups is 1. The third-order valence-electron chi connectivity index (χ3n) is 1.99. The summed E-state index contributed by atoms with van der Waals surface area (Å²) >= 11 is 1.61. The van der Waals surface area contributed by atoms with Gasteiger partial charge in [0.1, 0.15) is 5.78 Å². The molecule has 0 saturated heterocycles. The Kier molecular flexibility index (Phi) is 4.98. The van der Waals surface area contributed by atoms with Crippen molar-refractivity contribution in [1.82, 2.24) is 0 Å².